The van der Waals surface area contributed by atoms with E-state index in [1.165, 1.54) is 4.88 Å². The predicted octanol–water partition coefficient (Wildman–Crippen LogP) is 3.67. The van der Waals surface area contributed by atoms with Crippen LogP contribution in [0.15, 0.2) is 15.9 Å². The van der Waals surface area contributed by atoms with Gasteiger partial charge in [0.1, 0.15) is 6.29 Å². The Morgan fingerprint density at radius 1 is 1.62 bits per heavy atom. The fraction of sp³-hybridized carbons (Fsp3) is 0.500. The zero-order valence-electron chi connectivity index (χ0n) is 7.84. The van der Waals surface area contributed by atoms with E-state index in [2.05, 4.69) is 28.9 Å². The highest BCUT2D eigenvalue weighted by molar-refractivity contribution is 9.11. The van der Waals surface area contributed by atoms with E-state index in [0.29, 0.717) is 0 Å². The highest BCUT2D eigenvalue weighted by Crippen LogP contribution is 2.30. The zero-order chi connectivity index (χ0) is 9.90. The lowest BCUT2D eigenvalue weighted by atomic mass is 9.85. The maximum atomic E-state index is 10.9. The molecule has 0 aliphatic carbocycles. The van der Waals surface area contributed by atoms with Crippen molar-refractivity contribution < 1.29 is 4.79 Å². The molecule has 1 aromatic heterocycles. The molecule has 72 valence electrons. The Morgan fingerprint density at radius 3 is 2.69 bits per heavy atom. The van der Waals surface area contributed by atoms with Crippen molar-refractivity contribution in [2.24, 2.45) is 5.41 Å². The molecule has 1 rings (SSSR count). The minimum Gasteiger partial charge on any atom is -0.303 e. The molecule has 0 aromatic carbocycles. The van der Waals surface area contributed by atoms with Crippen molar-refractivity contribution >= 4 is 33.6 Å². The molecule has 0 radical (unpaired) electrons. The van der Waals surface area contributed by atoms with Crippen LogP contribution in [-0.4, -0.2) is 6.29 Å². The number of thiophene rings is 1. The van der Waals surface area contributed by atoms with Gasteiger partial charge in [0, 0.05) is 10.3 Å². The number of halogens is 1. The van der Waals surface area contributed by atoms with E-state index in [9.17, 15) is 4.79 Å². The first-order chi connectivity index (χ1) is 6.09. The van der Waals surface area contributed by atoms with Crippen LogP contribution in [0.25, 0.3) is 0 Å². The average Bonchev–Trinajstić information content (AvgIpc) is 2.51. The van der Waals surface area contributed by atoms with Crippen molar-refractivity contribution in [2.45, 2.75) is 26.7 Å². The van der Waals surface area contributed by atoms with Crippen molar-refractivity contribution in [1.82, 2.24) is 0 Å². The Hall–Kier alpha value is -0.150. The van der Waals surface area contributed by atoms with Crippen LogP contribution in [0, 0.1) is 5.41 Å². The van der Waals surface area contributed by atoms with Gasteiger partial charge in [-0.3, -0.25) is 0 Å². The molecule has 0 N–H and O–H groups in total. The van der Waals surface area contributed by atoms with E-state index in [0.717, 1.165) is 22.9 Å². The first-order valence-electron chi connectivity index (χ1n) is 4.30. The second-order valence-electron chi connectivity index (χ2n) is 3.51. The summed E-state index contributed by atoms with van der Waals surface area (Å²) in [7, 11) is 0. The van der Waals surface area contributed by atoms with Crippen LogP contribution >= 0.6 is 27.3 Å². The van der Waals surface area contributed by atoms with Gasteiger partial charge < -0.3 is 4.79 Å². The van der Waals surface area contributed by atoms with E-state index >= 15 is 0 Å². The van der Waals surface area contributed by atoms with Crippen molar-refractivity contribution in [3.05, 3.63) is 20.8 Å². The quantitative estimate of drug-likeness (QED) is 0.756. The van der Waals surface area contributed by atoms with Gasteiger partial charge in [0.15, 0.2) is 0 Å². The third-order valence-electron chi connectivity index (χ3n) is 2.30. The summed E-state index contributed by atoms with van der Waals surface area (Å²) >= 11 is 5.12. The maximum absolute atomic E-state index is 10.9. The fourth-order valence-electron chi connectivity index (χ4n) is 1.09. The summed E-state index contributed by atoms with van der Waals surface area (Å²) in [4.78, 5) is 12.1. The van der Waals surface area contributed by atoms with Gasteiger partial charge >= 0.3 is 0 Å². The number of hydrogen-bond donors (Lipinski definition) is 0. The molecule has 0 amide bonds. The highest BCUT2D eigenvalue weighted by atomic mass is 79.9. The minimum atomic E-state index is -0.190. The Balaban J connectivity index is 2.72. The van der Waals surface area contributed by atoms with E-state index in [4.69, 9.17) is 0 Å². The van der Waals surface area contributed by atoms with Gasteiger partial charge in [0.25, 0.3) is 0 Å². The molecule has 1 unspecified atom stereocenters. The van der Waals surface area contributed by atoms with Gasteiger partial charge in [-0.25, -0.2) is 0 Å². The SMILES string of the molecule is CCC(C)(C=O)Cc1ccc(Br)s1. The van der Waals surface area contributed by atoms with Gasteiger partial charge in [-0.15, -0.1) is 11.3 Å². The van der Waals surface area contributed by atoms with E-state index < -0.39 is 0 Å². The molecule has 0 aliphatic heterocycles. The van der Waals surface area contributed by atoms with Gasteiger partial charge in [-0.2, -0.15) is 0 Å². The molecule has 0 bridgehead atoms. The van der Waals surface area contributed by atoms with Crippen LogP contribution in [0.5, 0.6) is 0 Å². The normalized spacial score (nSPS) is 15.3. The lowest BCUT2D eigenvalue weighted by Crippen LogP contribution is -2.19. The molecule has 1 nitrogen and oxygen atoms in total. The Labute approximate surface area is 91.3 Å². The van der Waals surface area contributed by atoms with Crippen LogP contribution in [0.2, 0.25) is 0 Å². The first-order valence-corrected chi connectivity index (χ1v) is 5.91. The maximum Gasteiger partial charge on any atom is 0.126 e. The standard InChI is InChI=1S/C10H13BrOS/c1-3-10(2,7-12)6-8-4-5-9(11)13-8/h4-5,7H,3,6H2,1-2H3. The van der Waals surface area contributed by atoms with Gasteiger partial charge in [0.2, 0.25) is 0 Å². The topological polar surface area (TPSA) is 17.1 Å². The van der Waals surface area contributed by atoms with Gasteiger partial charge in [-0.1, -0.05) is 13.8 Å². The molecule has 1 aromatic rings. The number of aldehydes is 1. The number of carbonyl (C=O) groups is 1. The Bertz CT molecular complexity index is 295. The van der Waals surface area contributed by atoms with Crippen molar-refractivity contribution in [1.29, 1.82) is 0 Å². The van der Waals surface area contributed by atoms with Crippen molar-refractivity contribution in [3.8, 4) is 0 Å². The summed E-state index contributed by atoms with van der Waals surface area (Å²) in [5.74, 6) is 0. The first kappa shape index (κ1) is 10.9. The second kappa shape index (κ2) is 4.38. The van der Waals surface area contributed by atoms with Crippen molar-refractivity contribution in [2.75, 3.05) is 0 Å². The number of hydrogen-bond acceptors (Lipinski definition) is 2. The Kier molecular flexibility index (Phi) is 3.68. The molecule has 0 saturated heterocycles. The molecular formula is C10H13BrOS. The molecule has 1 heterocycles. The van der Waals surface area contributed by atoms with Crippen LogP contribution in [0.3, 0.4) is 0 Å². The predicted molar refractivity (Wildman–Crippen MR) is 60.2 cm³/mol. The van der Waals surface area contributed by atoms with Gasteiger partial charge in [0.05, 0.1) is 3.79 Å². The fourth-order valence-corrected chi connectivity index (χ4v) is 2.78. The molecule has 3 heteroatoms. The summed E-state index contributed by atoms with van der Waals surface area (Å²) in [6, 6.07) is 4.10. The largest absolute Gasteiger partial charge is 0.303 e. The third kappa shape index (κ3) is 2.92. The molecule has 0 spiro atoms. The summed E-state index contributed by atoms with van der Waals surface area (Å²) in [5, 5.41) is 0. The smallest absolute Gasteiger partial charge is 0.126 e. The number of carbonyl (C=O) groups excluding carboxylic acids is 1. The average molecular weight is 261 g/mol. The monoisotopic (exact) mass is 260 g/mol. The molecule has 0 saturated carbocycles. The van der Waals surface area contributed by atoms with E-state index in [1.54, 1.807) is 11.3 Å². The molecule has 1 atom stereocenters. The van der Waals surface area contributed by atoms with Crippen LogP contribution in [-0.2, 0) is 11.2 Å². The molecular weight excluding hydrogens is 248 g/mol. The Morgan fingerprint density at radius 2 is 2.31 bits per heavy atom. The third-order valence-corrected chi connectivity index (χ3v) is 3.92. The lowest BCUT2D eigenvalue weighted by molar-refractivity contribution is -0.115. The summed E-state index contributed by atoms with van der Waals surface area (Å²) in [6.45, 7) is 4.06. The summed E-state index contributed by atoms with van der Waals surface area (Å²) in [5.41, 5.74) is -0.190. The van der Waals surface area contributed by atoms with E-state index in [1.807, 2.05) is 13.0 Å². The van der Waals surface area contributed by atoms with Gasteiger partial charge in [-0.05, 0) is 40.9 Å². The van der Waals surface area contributed by atoms with E-state index in [-0.39, 0.29) is 5.41 Å². The minimum absolute atomic E-state index is 0.190. The van der Waals surface area contributed by atoms with Crippen molar-refractivity contribution in [3.63, 3.8) is 0 Å². The summed E-state index contributed by atoms with van der Waals surface area (Å²) in [6.07, 6.45) is 2.82. The summed E-state index contributed by atoms with van der Waals surface area (Å²) < 4.78 is 1.13. The molecule has 0 aliphatic rings. The lowest BCUT2D eigenvalue weighted by Gasteiger charge is -2.19. The van der Waals surface area contributed by atoms with Crippen LogP contribution in [0.4, 0.5) is 0 Å². The molecule has 0 fully saturated rings. The second-order valence-corrected chi connectivity index (χ2v) is 6.06. The van der Waals surface area contributed by atoms with Crippen LogP contribution < -0.4 is 0 Å². The molecule has 13 heavy (non-hydrogen) atoms. The number of rotatable bonds is 4. The van der Waals surface area contributed by atoms with Crippen LogP contribution in [0.1, 0.15) is 25.1 Å². The highest BCUT2D eigenvalue weighted by Gasteiger charge is 2.22. The zero-order valence-corrected chi connectivity index (χ0v) is 10.2.